The summed E-state index contributed by atoms with van der Waals surface area (Å²) in [4.78, 5) is 2.43. The normalized spacial score (nSPS) is 19.4. The molecule has 2 rings (SSSR count). The Morgan fingerprint density at radius 3 is 2.95 bits per heavy atom. The van der Waals surface area contributed by atoms with Crippen LogP contribution < -0.4 is 10.5 Å². The second-order valence-electron chi connectivity index (χ2n) is 5.38. The molecular weight excluding hydrogens is 252 g/mol. The van der Waals surface area contributed by atoms with Gasteiger partial charge >= 0.3 is 0 Å². The van der Waals surface area contributed by atoms with E-state index in [1.54, 1.807) is 0 Å². The zero-order valence-electron chi connectivity index (χ0n) is 12.4. The predicted molar refractivity (Wildman–Crippen MR) is 80.9 cm³/mol. The van der Waals surface area contributed by atoms with Crippen molar-refractivity contribution in [1.29, 1.82) is 0 Å². The van der Waals surface area contributed by atoms with E-state index in [0.717, 1.165) is 24.3 Å². The molecule has 0 saturated carbocycles. The van der Waals surface area contributed by atoms with Gasteiger partial charge in [-0.15, -0.1) is 0 Å². The van der Waals surface area contributed by atoms with Crippen molar-refractivity contribution in [2.75, 3.05) is 33.4 Å². The van der Waals surface area contributed by atoms with E-state index < -0.39 is 0 Å². The number of nitrogens with zero attached hydrogens (tertiary/aromatic N) is 1. The second-order valence-corrected chi connectivity index (χ2v) is 5.38. The van der Waals surface area contributed by atoms with E-state index >= 15 is 0 Å². The summed E-state index contributed by atoms with van der Waals surface area (Å²) in [5.41, 5.74) is 6.69. The van der Waals surface area contributed by atoms with Gasteiger partial charge in [0.15, 0.2) is 0 Å². The topological polar surface area (TPSA) is 47.7 Å². The Hall–Kier alpha value is -1.10. The lowest BCUT2D eigenvalue weighted by atomic mass is 10.1. The number of benzene rings is 1. The Bertz CT molecular complexity index is 398. The van der Waals surface area contributed by atoms with Crippen molar-refractivity contribution >= 4 is 0 Å². The van der Waals surface area contributed by atoms with E-state index in [4.69, 9.17) is 15.2 Å². The van der Waals surface area contributed by atoms with Crippen LogP contribution in [0.4, 0.5) is 0 Å². The van der Waals surface area contributed by atoms with Gasteiger partial charge in [-0.3, -0.25) is 0 Å². The Morgan fingerprint density at radius 2 is 2.20 bits per heavy atom. The van der Waals surface area contributed by atoms with Crippen LogP contribution in [0.2, 0.25) is 0 Å². The van der Waals surface area contributed by atoms with Crippen molar-refractivity contribution < 1.29 is 9.47 Å². The molecule has 1 heterocycles. The lowest BCUT2D eigenvalue weighted by molar-refractivity contribution is 0.0862. The molecule has 1 atom stereocenters. The summed E-state index contributed by atoms with van der Waals surface area (Å²) in [6, 6.07) is 8.60. The first-order chi connectivity index (χ1) is 9.79. The molecule has 1 unspecified atom stereocenters. The number of hydrogen-bond donors (Lipinski definition) is 1. The van der Waals surface area contributed by atoms with E-state index in [2.05, 4.69) is 11.9 Å². The molecule has 0 aliphatic carbocycles. The molecule has 0 bridgehead atoms. The van der Waals surface area contributed by atoms with Crippen molar-refractivity contribution in [1.82, 2.24) is 4.90 Å². The molecular formula is C16H26N2O2. The van der Waals surface area contributed by atoms with Crippen LogP contribution in [0.15, 0.2) is 24.3 Å². The van der Waals surface area contributed by atoms with E-state index in [1.807, 2.05) is 24.3 Å². The predicted octanol–water partition coefficient (Wildman–Crippen LogP) is 2.03. The zero-order valence-corrected chi connectivity index (χ0v) is 12.4. The van der Waals surface area contributed by atoms with Gasteiger partial charge in [-0.2, -0.15) is 0 Å². The van der Waals surface area contributed by atoms with Gasteiger partial charge in [0.1, 0.15) is 12.4 Å². The van der Waals surface area contributed by atoms with Crippen molar-refractivity contribution in [2.45, 2.75) is 31.8 Å². The molecule has 0 amide bonds. The third-order valence-corrected chi connectivity index (χ3v) is 3.90. The zero-order chi connectivity index (χ0) is 14.2. The summed E-state index contributed by atoms with van der Waals surface area (Å²) in [6.07, 6.45) is 3.75. The highest BCUT2D eigenvalue weighted by Crippen LogP contribution is 2.17. The number of hydrogen-bond acceptors (Lipinski definition) is 4. The van der Waals surface area contributed by atoms with Crippen molar-refractivity contribution in [3.8, 4) is 5.75 Å². The van der Waals surface area contributed by atoms with Crippen LogP contribution in [0.5, 0.6) is 5.75 Å². The Labute approximate surface area is 121 Å². The fraction of sp³-hybridized carbons (Fsp3) is 0.625. The molecule has 1 aromatic rings. The van der Waals surface area contributed by atoms with Gasteiger partial charge in [0.2, 0.25) is 0 Å². The van der Waals surface area contributed by atoms with Crippen molar-refractivity contribution in [2.24, 2.45) is 5.73 Å². The number of ether oxygens (including phenoxy) is 2. The first-order valence-corrected chi connectivity index (χ1v) is 7.49. The highest BCUT2D eigenvalue weighted by atomic mass is 16.5. The lowest BCUT2D eigenvalue weighted by Crippen LogP contribution is -2.26. The average Bonchev–Trinajstić information content (AvgIpc) is 2.88. The third kappa shape index (κ3) is 4.78. The summed E-state index contributed by atoms with van der Waals surface area (Å²) in [5.74, 6) is 0.868. The van der Waals surface area contributed by atoms with Gasteiger partial charge in [-0.1, -0.05) is 12.1 Å². The molecule has 0 radical (unpaired) electrons. The van der Waals surface area contributed by atoms with Crippen LogP contribution >= 0.6 is 0 Å². The molecule has 112 valence electrons. The molecule has 0 aromatic heterocycles. The maximum atomic E-state index is 5.65. The maximum Gasteiger partial charge on any atom is 0.119 e. The summed E-state index contributed by atoms with van der Waals surface area (Å²) in [7, 11) is 2.20. The lowest BCUT2D eigenvalue weighted by Gasteiger charge is -2.19. The number of nitrogens with two attached hydrogens (primary N) is 1. The van der Waals surface area contributed by atoms with Gasteiger partial charge in [0, 0.05) is 19.2 Å². The summed E-state index contributed by atoms with van der Waals surface area (Å²) in [6.45, 7) is 3.83. The molecule has 20 heavy (non-hydrogen) atoms. The van der Waals surface area contributed by atoms with Gasteiger partial charge in [0.25, 0.3) is 0 Å². The molecule has 1 aromatic carbocycles. The molecule has 4 nitrogen and oxygen atoms in total. The van der Waals surface area contributed by atoms with E-state index in [0.29, 0.717) is 25.8 Å². The quantitative estimate of drug-likeness (QED) is 0.739. The smallest absolute Gasteiger partial charge is 0.119 e. The maximum absolute atomic E-state index is 5.65. The SMILES string of the molecule is CN1CCCC1CCOCCOc1cccc(CN)c1. The second kappa shape index (κ2) is 8.25. The van der Waals surface area contributed by atoms with E-state index in [9.17, 15) is 0 Å². The molecule has 1 aliphatic rings. The average molecular weight is 278 g/mol. The summed E-state index contributed by atoms with van der Waals surface area (Å²) >= 11 is 0. The minimum atomic E-state index is 0.544. The Kier molecular flexibility index (Phi) is 6.30. The number of rotatable bonds is 8. The molecule has 0 spiro atoms. The van der Waals surface area contributed by atoms with Crippen molar-refractivity contribution in [3.63, 3.8) is 0 Å². The van der Waals surface area contributed by atoms with Gasteiger partial charge in [-0.25, -0.2) is 0 Å². The Morgan fingerprint density at radius 1 is 1.30 bits per heavy atom. The van der Waals surface area contributed by atoms with Crippen LogP contribution in [0.25, 0.3) is 0 Å². The van der Waals surface area contributed by atoms with Gasteiger partial charge in [0.05, 0.1) is 6.61 Å². The molecule has 1 saturated heterocycles. The van der Waals surface area contributed by atoms with Gasteiger partial charge < -0.3 is 20.1 Å². The highest BCUT2D eigenvalue weighted by Gasteiger charge is 2.19. The van der Waals surface area contributed by atoms with Crippen molar-refractivity contribution in [3.05, 3.63) is 29.8 Å². The van der Waals surface area contributed by atoms with E-state index in [1.165, 1.54) is 19.4 Å². The monoisotopic (exact) mass is 278 g/mol. The molecule has 4 heteroatoms. The summed E-state index contributed by atoms with van der Waals surface area (Å²) < 4.78 is 11.3. The van der Waals surface area contributed by atoms with Crippen LogP contribution in [0, 0.1) is 0 Å². The fourth-order valence-electron chi connectivity index (χ4n) is 2.65. The molecule has 1 aliphatic heterocycles. The minimum absolute atomic E-state index is 0.544. The van der Waals surface area contributed by atoms with Crippen LogP contribution in [0.3, 0.4) is 0 Å². The fourth-order valence-corrected chi connectivity index (χ4v) is 2.65. The Balaban J connectivity index is 1.55. The van der Waals surface area contributed by atoms with Gasteiger partial charge in [-0.05, 0) is 50.6 Å². The standard InChI is InChI=1S/C16H26N2O2/c1-18-8-3-5-15(18)7-9-19-10-11-20-16-6-2-4-14(12-16)13-17/h2,4,6,12,15H,3,5,7-11,13,17H2,1H3. The van der Waals surface area contributed by atoms with Crippen LogP contribution in [-0.2, 0) is 11.3 Å². The largest absolute Gasteiger partial charge is 0.491 e. The van der Waals surface area contributed by atoms with E-state index in [-0.39, 0.29) is 0 Å². The molecule has 2 N–H and O–H groups in total. The first kappa shape index (κ1) is 15.3. The molecule has 1 fully saturated rings. The highest BCUT2D eigenvalue weighted by molar-refractivity contribution is 5.28. The summed E-state index contributed by atoms with van der Waals surface area (Å²) in [5, 5.41) is 0. The number of likely N-dealkylation sites (tertiary alicyclic amines) is 1. The van der Waals surface area contributed by atoms with Crippen LogP contribution in [0.1, 0.15) is 24.8 Å². The third-order valence-electron chi connectivity index (χ3n) is 3.90. The van der Waals surface area contributed by atoms with Crippen LogP contribution in [-0.4, -0.2) is 44.4 Å². The first-order valence-electron chi connectivity index (χ1n) is 7.49. The minimum Gasteiger partial charge on any atom is -0.491 e.